The van der Waals surface area contributed by atoms with Crippen LogP contribution in [0.5, 0.6) is 11.5 Å². The number of benzene rings is 4. The van der Waals surface area contributed by atoms with Crippen molar-refractivity contribution in [2.24, 2.45) is 0 Å². The van der Waals surface area contributed by atoms with Gasteiger partial charge in [0.1, 0.15) is 11.5 Å². The van der Waals surface area contributed by atoms with Crippen LogP contribution in [0, 0.1) is 0 Å². The minimum Gasteiger partial charge on any atom is -0.459 e. The van der Waals surface area contributed by atoms with Crippen molar-refractivity contribution >= 4 is 11.9 Å². The number of carbonyl (C=O) groups is 2. The molecule has 0 amide bonds. The topological polar surface area (TPSA) is 112 Å². The van der Waals surface area contributed by atoms with Gasteiger partial charge in [0.2, 0.25) is 11.6 Å². The Morgan fingerprint density at radius 2 is 0.957 bits per heavy atom. The van der Waals surface area contributed by atoms with Crippen LogP contribution in [0.4, 0.5) is 0 Å². The van der Waals surface area contributed by atoms with Gasteiger partial charge in [-0.25, -0.2) is 9.59 Å². The van der Waals surface area contributed by atoms with Crippen molar-refractivity contribution in [2.45, 2.75) is 44.7 Å². The van der Waals surface area contributed by atoms with Gasteiger partial charge in [0.25, 0.3) is 0 Å². The van der Waals surface area contributed by atoms with E-state index in [2.05, 4.69) is 37.4 Å². The van der Waals surface area contributed by atoms with Gasteiger partial charge in [-0.2, -0.15) is 0 Å². The van der Waals surface area contributed by atoms with E-state index in [4.69, 9.17) is 18.9 Å². The van der Waals surface area contributed by atoms with Crippen LogP contribution in [-0.2, 0) is 24.5 Å². The molecule has 0 saturated carbocycles. The van der Waals surface area contributed by atoms with Gasteiger partial charge in [-0.3, -0.25) is 0 Å². The fourth-order valence-electron chi connectivity index (χ4n) is 5.78. The Labute approximate surface area is 274 Å². The zero-order valence-electron chi connectivity index (χ0n) is 26.9. The molecule has 0 aromatic heterocycles. The second-order valence-electron chi connectivity index (χ2n) is 12.2. The molecule has 1 aliphatic carbocycles. The molecule has 8 heteroatoms. The monoisotopic (exact) mass is 634 g/mol. The third-order valence-corrected chi connectivity index (χ3v) is 7.84. The predicted molar refractivity (Wildman–Crippen MR) is 178 cm³/mol. The smallest absolute Gasteiger partial charge is 0.333 e. The molecular formula is C39H38O8. The van der Waals surface area contributed by atoms with Crippen LogP contribution in [0.1, 0.15) is 49.9 Å². The minimum atomic E-state index is -1.77. The Bertz CT molecular complexity index is 1680. The number of esters is 2. The number of hydrogen-bond acceptors (Lipinski definition) is 8. The molecule has 1 aliphatic rings. The standard InChI is InChI=1S/C39H38O8/c1-25(2)35(40)44-23-37(5,42)46-29-19-15-27(16-20-29)39(33-13-9-7-11-31(33)32-12-8-10-14-34(32)39)28-17-21-30(22-18-28)47-38(6,43)24-45-36(41)26(3)4/h7-22,42-43H,1,3,23-24H2,2,4-6H3. The molecular weight excluding hydrogens is 596 g/mol. The van der Waals surface area contributed by atoms with Gasteiger partial charge in [-0.05, 0) is 71.5 Å². The number of aliphatic hydroxyl groups is 2. The Hall–Kier alpha value is -5.18. The average molecular weight is 635 g/mol. The van der Waals surface area contributed by atoms with Crippen LogP contribution < -0.4 is 9.47 Å². The maximum Gasteiger partial charge on any atom is 0.333 e. The zero-order valence-corrected chi connectivity index (χ0v) is 26.9. The van der Waals surface area contributed by atoms with E-state index in [1.54, 1.807) is 24.3 Å². The summed E-state index contributed by atoms with van der Waals surface area (Å²) < 4.78 is 21.8. The number of fused-ring (bicyclic) bond motifs is 3. The summed E-state index contributed by atoms with van der Waals surface area (Å²) in [4.78, 5) is 23.7. The fraction of sp³-hybridized carbons (Fsp3) is 0.231. The molecule has 0 saturated heterocycles. The molecule has 5 rings (SSSR count). The van der Waals surface area contributed by atoms with Crippen molar-refractivity contribution in [3.63, 3.8) is 0 Å². The first-order valence-corrected chi connectivity index (χ1v) is 15.1. The lowest BCUT2D eigenvalue weighted by atomic mass is 9.68. The summed E-state index contributed by atoms with van der Waals surface area (Å²) >= 11 is 0. The molecule has 4 aromatic rings. The van der Waals surface area contributed by atoms with E-state index >= 15 is 0 Å². The average Bonchev–Trinajstić information content (AvgIpc) is 3.34. The second-order valence-corrected chi connectivity index (χ2v) is 12.2. The van der Waals surface area contributed by atoms with Gasteiger partial charge in [-0.15, -0.1) is 0 Å². The molecule has 47 heavy (non-hydrogen) atoms. The predicted octanol–water partition coefficient (Wildman–Crippen LogP) is 6.46. The van der Waals surface area contributed by atoms with E-state index in [-0.39, 0.29) is 24.4 Å². The number of hydrogen-bond donors (Lipinski definition) is 2. The number of carbonyl (C=O) groups excluding carboxylic acids is 2. The summed E-state index contributed by atoms with van der Waals surface area (Å²) in [6.07, 6.45) is 0. The molecule has 242 valence electrons. The van der Waals surface area contributed by atoms with Crippen LogP contribution >= 0.6 is 0 Å². The molecule has 0 spiro atoms. The summed E-state index contributed by atoms with van der Waals surface area (Å²) in [5.41, 5.74) is 5.99. The highest BCUT2D eigenvalue weighted by Crippen LogP contribution is 2.56. The lowest BCUT2D eigenvalue weighted by Crippen LogP contribution is -2.38. The van der Waals surface area contributed by atoms with E-state index in [9.17, 15) is 19.8 Å². The van der Waals surface area contributed by atoms with Crippen LogP contribution in [0.2, 0.25) is 0 Å². The van der Waals surface area contributed by atoms with Crippen LogP contribution in [0.15, 0.2) is 121 Å². The largest absolute Gasteiger partial charge is 0.459 e. The van der Waals surface area contributed by atoms with E-state index in [1.165, 1.54) is 27.7 Å². The Kier molecular flexibility index (Phi) is 9.11. The van der Waals surface area contributed by atoms with Crippen LogP contribution in [-0.4, -0.2) is 46.9 Å². The van der Waals surface area contributed by atoms with Crippen molar-refractivity contribution in [2.75, 3.05) is 13.2 Å². The quantitative estimate of drug-likeness (QED) is 0.0914. The first kappa shape index (κ1) is 33.2. The second kappa shape index (κ2) is 12.9. The van der Waals surface area contributed by atoms with Crippen molar-refractivity contribution in [3.05, 3.63) is 144 Å². The first-order chi connectivity index (χ1) is 22.2. The summed E-state index contributed by atoms with van der Waals surface area (Å²) in [7, 11) is 0. The van der Waals surface area contributed by atoms with Crippen molar-refractivity contribution in [1.29, 1.82) is 0 Å². The zero-order chi connectivity index (χ0) is 34.0. The maximum absolute atomic E-state index is 11.8. The molecule has 0 aliphatic heterocycles. The fourth-order valence-corrected chi connectivity index (χ4v) is 5.78. The third kappa shape index (κ3) is 6.84. The van der Waals surface area contributed by atoms with Gasteiger partial charge in [0.05, 0.1) is 5.41 Å². The Morgan fingerprint density at radius 1 is 0.617 bits per heavy atom. The molecule has 2 unspecified atom stereocenters. The van der Waals surface area contributed by atoms with E-state index in [0.717, 1.165) is 33.4 Å². The lowest BCUT2D eigenvalue weighted by Gasteiger charge is -2.34. The van der Waals surface area contributed by atoms with Crippen molar-refractivity contribution < 1.29 is 38.7 Å². The van der Waals surface area contributed by atoms with Gasteiger partial charge in [0, 0.05) is 25.0 Å². The maximum atomic E-state index is 11.8. The summed E-state index contributed by atoms with van der Waals surface area (Å²) in [6, 6.07) is 31.4. The van der Waals surface area contributed by atoms with Crippen LogP contribution in [0.3, 0.4) is 0 Å². The summed E-state index contributed by atoms with van der Waals surface area (Å²) in [5, 5.41) is 21.5. The highest BCUT2D eigenvalue weighted by Gasteiger charge is 2.46. The van der Waals surface area contributed by atoms with E-state index in [1.807, 2.05) is 48.5 Å². The Balaban J connectivity index is 1.51. The van der Waals surface area contributed by atoms with Gasteiger partial charge >= 0.3 is 11.9 Å². The molecule has 2 N–H and O–H groups in total. The molecule has 0 radical (unpaired) electrons. The highest BCUT2D eigenvalue weighted by atomic mass is 16.7. The van der Waals surface area contributed by atoms with E-state index < -0.39 is 28.9 Å². The molecule has 8 nitrogen and oxygen atoms in total. The first-order valence-electron chi connectivity index (χ1n) is 15.1. The van der Waals surface area contributed by atoms with Gasteiger partial charge in [-0.1, -0.05) is 86.0 Å². The molecule has 4 aromatic carbocycles. The van der Waals surface area contributed by atoms with Crippen LogP contribution in [0.25, 0.3) is 11.1 Å². The number of ether oxygens (including phenoxy) is 4. The number of rotatable bonds is 12. The highest BCUT2D eigenvalue weighted by molar-refractivity contribution is 5.88. The molecule has 0 bridgehead atoms. The normalized spacial score (nSPS) is 15.2. The van der Waals surface area contributed by atoms with Crippen molar-refractivity contribution in [3.8, 4) is 22.6 Å². The molecule has 0 heterocycles. The van der Waals surface area contributed by atoms with Gasteiger partial charge in [0.15, 0.2) is 13.2 Å². The SMILES string of the molecule is C=C(C)C(=O)OCC(C)(O)Oc1ccc(C2(c3ccc(OC(C)(O)COC(=O)C(=C)C)cc3)c3ccccc3-c3ccccc32)cc1. The summed E-state index contributed by atoms with van der Waals surface area (Å²) in [5.74, 6) is -3.99. The minimum absolute atomic E-state index is 0.224. The van der Waals surface area contributed by atoms with Gasteiger partial charge < -0.3 is 29.2 Å². The lowest BCUT2D eigenvalue weighted by molar-refractivity contribution is -0.176. The van der Waals surface area contributed by atoms with Crippen molar-refractivity contribution in [1.82, 2.24) is 0 Å². The molecule has 2 atom stereocenters. The third-order valence-electron chi connectivity index (χ3n) is 7.84. The van der Waals surface area contributed by atoms with E-state index in [0.29, 0.717) is 11.5 Å². The summed E-state index contributed by atoms with van der Waals surface area (Å²) in [6.45, 7) is 12.3. The Morgan fingerprint density at radius 3 is 1.30 bits per heavy atom. The molecule has 0 fully saturated rings.